The molecule has 5 rings (SSSR count). The number of esters is 1. The molecule has 0 saturated heterocycles. The zero-order valence-corrected chi connectivity index (χ0v) is 15.3. The normalized spacial score (nSPS) is 15.2. The molecule has 0 saturated carbocycles. The second-order valence-electron chi connectivity index (χ2n) is 6.61. The summed E-state index contributed by atoms with van der Waals surface area (Å²) in [5, 5.41) is 2.09. The summed E-state index contributed by atoms with van der Waals surface area (Å²) in [7, 11) is 0. The molecular weight excluding hydrogens is 352 g/mol. The minimum Gasteiger partial charge on any atom is -0.429 e. The van der Waals surface area contributed by atoms with E-state index >= 15 is 0 Å². The van der Waals surface area contributed by atoms with E-state index in [0.717, 1.165) is 27.7 Å². The van der Waals surface area contributed by atoms with E-state index in [1.807, 2.05) is 71.4 Å². The molecule has 0 atom stereocenters. The van der Waals surface area contributed by atoms with Gasteiger partial charge in [-0.3, -0.25) is 4.79 Å². The summed E-state index contributed by atoms with van der Waals surface area (Å²) in [6.45, 7) is 1.40. The Hall–Kier alpha value is -3.73. The van der Waals surface area contributed by atoms with E-state index in [-0.39, 0.29) is 0 Å². The van der Waals surface area contributed by atoms with Crippen molar-refractivity contribution in [2.24, 2.45) is 0 Å². The van der Waals surface area contributed by atoms with E-state index < -0.39 is 5.97 Å². The lowest BCUT2D eigenvalue weighted by molar-refractivity contribution is -0.357. The topological polar surface area (TPSA) is 51.4 Å². The average Bonchev–Trinajstić information content (AvgIpc) is 3.15. The Morgan fingerprint density at radius 1 is 1.11 bits per heavy atom. The predicted octanol–water partition coefficient (Wildman–Crippen LogP) is 4.56. The molecule has 2 aliphatic heterocycles. The fourth-order valence-corrected chi connectivity index (χ4v) is 3.65. The van der Waals surface area contributed by atoms with Crippen LogP contribution in [0.5, 0.6) is 5.88 Å². The zero-order chi connectivity index (χ0) is 19.1. The van der Waals surface area contributed by atoms with Crippen LogP contribution in [-0.4, -0.2) is 21.2 Å². The highest BCUT2D eigenvalue weighted by Gasteiger charge is 2.37. The van der Waals surface area contributed by atoms with E-state index in [0.29, 0.717) is 23.8 Å². The molecule has 0 amide bonds. The Labute approximate surface area is 161 Å². The van der Waals surface area contributed by atoms with Crippen LogP contribution in [0.1, 0.15) is 18.9 Å². The third kappa shape index (κ3) is 2.60. The van der Waals surface area contributed by atoms with Gasteiger partial charge in [-0.15, -0.1) is 0 Å². The van der Waals surface area contributed by atoms with E-state index in [1.54, 1.807) is 6.20 Å². The van der Waals surface area contributed by atoms with Crippen molar-refractivity contribution in [2.45, 2.75) is 13.3 Å². The van der Waals surface area contributed by atoms with Crippen molar-refractivity contribution in [2.75, 3.05) is 0 Å². The lowest BCUT2D eigenvalue weighted by Gasteiger charge is -2.13. The van der Waals surface area contributed by atoms with Crippen molar-refractivity contribution in [1.82, 2.24) is 4.98 Å². The van der Waals surface area contributed by atoms with Gasteiger partial charge in [0.25, 0.3) is 11.6 Å². The van der Waals surface area contributed by atoms with Gasteiger partial charge in [-0.1, -0.05) is 42.5 Å². The number of aromatic nitrogens is 1. The third-order valence-electron chi connectivity index (χ3n) is 4.81. The van der Waals surface area contributed by atoms with E-state index in [9.17, 15) is 4.79 Å². The Morgan fingerprint density at radius 2 is 1.96 bits per heavy atom. The fraction of sp³-hybridized carbons (Fsp3) is 0.0870. The number of hydrogen-bond acceptors (Lipinski definition) is 4. The number of carbonyl (C=O) groups is 1. The molecule has 0 fully saturated rings. The SMILES string of the molecule is CC(=O)OC1=C(c2cccc3ccccc23)Oc2ncccc2[N+]2=C1CC=C2. The molecule has 2 aliphatic rings. The smallest absolute Gasteiger partial charge is 0.308 e. The van der Waals surface area contributed by atoms with Gasteiger partial charge in [-0.2, -0.15) is 4.58 Å². The van der Waals surface area contributed by atoms with Crippen molar-refractivity contribution in [3.8, 4) is 5.88 Å². The summed E-state index contributed by atoms with van der Waals surface area (Å²) >= 11 is 0. The summed E-state index contributed by atoms with van der Waals surface area (Å²) < 4.78 is 14.0. The van der Waals surface area contributed by atoms with Crippen LogP contribution in [-0.2, 0) is 9.53 Å². The lowest BCUT2D eigenvalue weighted by Crippen LogP contribution is -2.16. The standard InChI is InChI=1S/C23H17N2O3/c1-15(26)27-22-19-12-6-14-25(19)20-11-5-13-24-23(20)28-21(22)18-10-4-8-16-7-2-3-9-17(16)18/h2-11,13-14H,12H2,1H3/q+1. The van der Waals surface area contributed by atoms with Gasteiger partial charge in [0.05, 0.1) is 6.42 Å². The predicted molar refractivity (Wildman–Crippen MR) is 106 cm³/mol. The molecule has 5 nitrogen and oxygen atoms in total. The molecule has 0 spiro atoms. The molecule has 2 aromatic carbocycles. The summed E-state index contributed by atoms with van der Waals surface area (Å²) in [6.07, 6.45) is 6.31. The van der Waals surface area contributed by atoms with Crippen molar-refractivity contribution < 1.29 is 18.8 Å². The first-order chi connectivity index (χ1) is 13.7. The maximum atomic E-state index is 11.9. The maximum Gasteiger partial charge on any atom is 0.308 e. The summed E-state index contributed by atoms with van der Waals surface area (Å²) in [5.74, 6) is 0.992. The van der Waals surface area contributed by atoms with Gasteiger partial charge in [0, 0.05) is 24.8 Å². The van der Waals surface area contributed by atoms with Crippen LogP contribution in [0.3, 0.4) is 0 Å². The van der Waals surface area contributed by atoms with E-state index in [2.05, 4.69) is 4.98 Å². The minimum atomic E-state index is -0.394. The molecule has 5 heteroatoms. The number of benzene rings is 2. The molecule has 0 N–H and O–H groups in total. The molecular formula is C23H17N2O3+. The summed E-state index contributed by atoms with van der Waals surface area (Å²) in [6, 6.07) is 17.9. The highest BCUT2D eigenvalue weighted by Crippen LogP contribution is 2.38. The Morgan fingerprint density at radius 3 is 2.86 bits per heavy atom. The number of pyridine rings is 1. The van der Waals surface area contributed by atoms with Crippen molar-refractivity contribution in [3.63, 3.8) is 0 Å². The highest BCUT2D eigenvalue weighted by atomic mass is 16.6. The van der Waals surface area contributed by atoms with Gasteiger partial charge in [0.2, 0.25) is 11.5 Å². The Kier molecular flexibility index (Phi) is 3.79. The molecule has 28 heavy (non-hydrogen) atoms. The number of rotatable bonds is 2. The summed E-state index contributed by atoms with van der Waals surface area (Å²) in [4.78, 5) is 16.4. The highest BCUT2D eigenvalue weighted by molar-refractivity contribution is 6.07. The van der Waals surface area contributed by atoms with E-state index in [1.165, 1.54) is 6.92 Å². The van der Waals surface area contributed by atoms with Crippen LogP contribution in [0.2, 0.25) is 0 Å². The van der Waals surface area contributed by atoms with Crippen molar-refractivity contribution >= 4 is 33.9 Å². The third-order valence-corrected chi connectivity index (χ3v) is 4.81. The second-order valence-corrected chi connectivity index (χ2v) is 6.61. The Balaban J connectivity index is 1.84. The van der Waals surface area contributed by atoms with Crippen LogP contribution in [0.25, 0.3) is 16.5 Å². The number of fused-ring (bicyclic) bond motifs is 3. The number of ether oxygens (including phenoxy) is 2. The van der Waals surface area contributed by atoms with Crippen LogP contribution in [0, 0.1) is 0 Å². The Bertz CT molecular complexity index is 1220. The molecule has 0 unspecified atom stereocenters. The number of hydrogen-bond donors (Lipinski definition) is 0. The molecule has 3 aromatic rings. The van der Waals surface area contributed by atoms with Gasteiger partial charge in [-0.05, 0) is 22.9 Å². The zero-order valence-electron chi connectivity index (χ0n) is 15.3. The first-order valence-corrected chi connectivity index (χ1v) is 9.08. The first kappa shape index (κ1) is 16.4. The van der Waals surface area contributed by atoms with Crippen LogP contribution >= 0.6 is 0 Å². The lowest BCUT2D eigenvalue weighted by atomic mass is 10.0. The minimum absolute atomic E-state index is 0.394. The molecule has 0 aliphatic carbocycles. The van der Waals surface area contributed by atoms with Crippen LogP contribution < -0.4 is 4.74 Å². The maximum absolute atomic E-state index is 11.9. The largest absolute Gasteiger partial charge is 0.429 e. The van der Waals surface area contributed by atoms with Crippen molar-refractivity contribution in [3.05, 3.63) is 84.4 Å². The van der Waals surface area contributed by atoms with Gasteiger partial charge in [0.1, 0.15) is 0 Å². The monoisotopic (exact) mass is 369 g/mol. The van der Waals surface area contributed by atoms with Crippen molar-refractivity contribution in [1.29, 1.82) is 0 Å². The first-order valence-electron chi connectivity index (χ1n) is 9.08. The van der Waals surface area contributed by atoms with Gasteiger partial charge in [0.15, 0.2) is 12.0 Å². The molecule has 0 radical (unpaired) electrons. The molecule has 1 aromatic heterocycles. The van der Waals surface area contributed by atoms with Gasteiger partial charge < -0.3 is 9.47 Å². The van der Waals surface area contributed by atoms with Gasteiger partial charge >= 0.3 is 5.97 Å². The van der Waals surface area contributed by atoms with E-state index in [4.69, 9.17) is 9.47 Å². The quantitative estimate of drug-likeness (QED) is 0.491. The van der Waals surface area contributed by atoms with Crippen LogP contribution in [0.4, 0.5) is 5.69 Å². The second kappa shape index (κ2) is 6.46. The fourth-order valence-electron chi connectivity index (χ4n) is 3.65. The summed E-state index contributed by atoms with van der Waals surface area (Å²) in [5.41, 5.74) is 2.52. The molecule has 0 bridgehead atoms. The number of carbonyl (C=O) groups excluding carboxylic acids is 1. The number of nitrogens with zero attached hydrogens (tertiary/aromatic N) is 2. The molecule has 136 valence electrons. The van der Waals surface area contributed by atoms with Gasteiger partial charge in [-0.25, -0.2) is 4.98 Å². The van der Waals surface area contributed by atoms with Crippen LogP contribution in [0.15, 0.2) is 78.8 Å². The average molecular weight is 369 g/mol. The number of allylic oxidation sites excluding steroid dienone is 2. The molecule has 3 heterocycles.